The van der Waals surface area contributed by atoms with Crippen molar-refractivity contribution in [2.75, 3.05) is 5.32 Å². The van der Waals surface area contributed by atoms with Crippen LogP contribution >= 0.6 is 22.6 Å². The number of anilines is 1. The first-order valence-electron chi connectivity index (χ1n) is 9.31. The molecule has 156 valence electrons. The Morgan fingerprint density at radius 2 is 1.87 bits per heavy atom. The van der Waals surface area contributed by atoms with Gasteiger partial charge in [0.1, 0.15) is 18.2 Å². The predicted octanol–water partition coefficient (Wildman–Crippen LogP) is 4.50. The van der Waals surface area contributed by atoms with Gasteiger partial charge in [-0.3, -0.25) is 4.79 Å². The highest BCUT2D eigenvalue weighted by atomic mass is 127. The molecule has 1 heterocycles. The van der Waals surface area contributed by atoms with E-state index in [2.05, 4.69) is 50.2 Å². The number of benzene rings is 2. The van der Waals surface area contributed by atoms with Crippen LogP contribution in [0.4, 0.5) is 5.69 Å². The zero-order valence-corrected chi connectivity index (χ0v) is 19.2. The van der Waals surface area contributed by atoms with Crippen molar-refractivity contribution in [3.8, 4) is 23.6 Å². The summed E-state index contributed by atoms with van der Waals surface area (Å²) in [7, 11) is 0. The van der Waals surface area contributed by atoms with Gasteiger partial charge in [-0.25, -0.2) is 0 Å². The van der Waals surface area contributed by atoms with Gasteiger partial charge < -0.3 is 14.5 Å². The number of nitriles is 2. The summed E-state index contributed by atoms with van der Waals surface area (Å²) in [6.45, 7) is 4.96. The maximum absolute atomic E-state index is 11.6. The molecule has 2 aromatic carbocycles. The third-order valence-electron chi connectivity index (χ3n) is 4.61. The lowest BCUT2D eigenvalue weighted by Gasteiger charge is -2.24. The van der Waals surface area contributed by atoms with Crippen LogP contribution in [0.2, 0.25) is 0 Å². The van der Waals surface area contributed by atoms with Crippen LogP contribution in [0.25, 0.3) is 11.5 Å². The van der Waals surface area contributed by atoms with E-state index in [0.29, 0.717) is 16.7 Å². The van der Waals surface area contributed by atoms with E-state index in [0.717, 1.165) is 14.8 Å². The molecular formula is C22H18IN5O3. The maximum atomic E-state index is 11.6. The largest absolute Gasteiger partial charge is 0.460 e. The van der Waals surface area contributed by atoms with E-state index in [1.165, 1.54) is 6.92 Å². The first kappa shape index (κ1) is 22.2. The van der Waals surface area contributed by atoms with Crippen LogP contribution < -0.4 is 5.32 Å². The van der Waals surface area contributed by atoms with Crippen LogP contribution in [-0.4, -0.2) is 22.3 Å². The van der Waals surface area contributed by atoms with Crippen LogP contribution in [0.5, 0.6) is 0 Å². The quantitative estimate of drug-likeness (QED) is 0.367. The van der Waals surface area contributed by atoms with Gasteiger partial charge in [0, 0.05) is 21.7 Å². The lowest BCUT2D eigenvalue weighted by Crippen LogP contribution is -2.28. The molecule has 0 fully saturated rings. The number of hydrogen-bond acceptors (Lipinski definition) is 8. The number of hydrogen-bond donors (Lipinski definition) is 1. The molecule has 0 saturated carbocycles. The molecule has 8 nitrogen and oxygen atoms in total. The fourth-order valence-corrected chi connectivity index (χ4v) is 3.56. The molecule has 0 aliphatic heterocycles. The number of esters is 1. The molecule has 0 amide bonds. The van der Waals surface area contributed by atoms with Gasteiger partial charge in [0.25, 0.3) is 0 Å². The first-order valence-corrected chi connectivity index (χ1v) is 10.4. The van der Waals surface area contributed by atoms with E-state index in [1.54, 1.807) is 43.3 Å². The molecule has 0 aliphatic carbocycles. The summed E-state index contributed by atoms with van der Waals surface area (Å²) in [6, 6.07) is 13.9. The zero-order valence-electron chi connectivity index (χ0n) is 17.0. The summed E-state index contributed by atoms with van der Waals surface area (Å²) in [6.07, 6.45) is -0.612. The van der Waals surface area contributed by atoms with Crippen molar-refractivity contribution in [3.05, 3.63) is 62.5 Å². The Hall–Kier alpha value is -3.44. The highest BCUT2D eigenvalue weighted by Gasteiger charge is 2.28. The molecule has 1 aromatic heterocycles. The Morgan fingerprint density at radius 1 is 1.16 bits per heavy atom. The molecular weight excluding hydrogens is 509 g/mol. The Balaban J connectivity index is 1.96. The second-order valence-electron chi connectivity index (χ2n) is 6.78. The number of carbonyl (C=O) groups is 1. The fourth-order valence-electron chi connectivity index (χ4n) is 2.97. The van der Waals surface area contributed by atoms with Crippen LogP contribution in [0.3, 0.4) is 0 Å². The molecule has 2 atom stereocenters. The summed E-state index contributed by atoms with van der Waals surface area (Å²) in [5, 5.41) is 29.8. The molecule has 31 heavy (non-hydrogen) atoms. The van der Waals surface area contributed by atoms with E-state index in [-0.39, 0.29) is 11.8 Å². The number of halogens is 1. The van der Waals surface area contributed by atoms with Gasteiger partial charge in [-0.15, -0.1) is 10.2 Å². The molecule has 0 aliphatic rings. The van der Waals surface area contributed by atoms with Crippen LogP contribution in [0.15, 0.2) is 40.8 Å². The number of nitrogens with zero attached hydrogens (tertiary/aromatic N) is 4. The zero-order chi connectivity index (χ0) is 22.5. The van der Waals surface area contributed by atoms with Gasteiger partial charge in [0.15, 0.2) is 0 Å². The van der Waals surface area contributed by atoms with Crippen molar-refractivity contribution < 1.29 is 13.9 Å². The summed E-state index contributed by atoms with van der Waals surface area (Å²) in [5.41, 5.74) is 3.41. The third kappa shape index (κ3) is 5.01. The van der Waals surface area contributed by atoms with Crippen LogP contribution in [-0.2, 0) is 9.53 Å². The Morgan fingerprint density at radius 3 is 2.48 bits per heavy atom. The SMILES string of the molecule is CC(=O)O[C@@H](C)C(Nc1ccc(C#N)c(I)c1C)c1nnc(-c2ccc(C#N)cc2)o1. The highest BCUT2D eigenvalue weighted by molar-refractivity contribution is 14.1. The average Bonchev–Trinajstić information content (AvgIpc) is 3.24. The molecule has 1 unspecified atom stereocenters. The molecule has 0 spiro atoms. The van der Waals surface area contributed by atoms with Crippen molar-refractivity contribution >= 4 is 34.2 Å². The molecule has 3 rings (SSSR count). The van der Waals surface area contributed by atoms with Crippen LogP contribution in [0.1, 0.15) is 42.5 Å². The van der Waals surface area contributed by atoms with Crippen LogP contribution in [0, 0.1) is 33.2 Å². The lowest BCUT2D eigenvalue weighted by molar-refractivity contribution is -0.146. The van der Waals surface area contributed by atoms with Crippen molar-refractivity contribution in [3.63, 3.8) is 0 Å². The molecule has 0 radical (unpaired) electrons. The lowest BCUT2D eigenvalue weighted by atomic mass is 10.1. The number of aromatic nitrogens is 2. The molecule has 1 N–H and O–H groups in total. The van der Waals surface area contributed by atoms with Gasteiger partial charge >= 0.3 is 5.97 Å². The maximum Gasteiger partial charge on any atom is 0.302 e. The molecule has 0 saturated heterocycles. The molecule has 3 aromatic rings. The standard InChI is InChI=1S/C22H18IN5O3/c1-12-18(9-8-17(11-25)19(12)23)26-20(13(2)30-14(3)29)22-28-27-21(31-22)16-6-4-15(10-24)5-7-16/h4-9,13,20,26H,1-3H3/t13-,20?/m0/s1. The van der Waals surface area contributed by atoms with Crippen molar-refractivity contribution in [1.29, 1.82) is 10.5 Å². The Bertz CT molecular complexity index is 1190. The summed E-state index contributed by atoms with van der Waals surface area (Å²) >= 11 is 2.12. The minimum atomic E-state index is -0.619. The molecule has 9 heteroatoms. The predicted molar refractivity (Wildman–Crippen MR) is 121 cm³/mol. The van der Waals surface area contributed by atoms with E-state index in [9.17, 15) is 10.1 Å². The third-order valence-corrected chi connectivity index (χ3v) is 6.00. The first-order chi connectivity index (χ1) is 14.8. The second kappa shape index (κ2) is 9.58. The second-order valence-corrected chi connectivity index (χ2v) is 7.86. The van der Waals surface area contributed by atoms with Crippen molar-refractivity contribution in [2.24, 2.45) is 0 Å². The molecule has 0 bridgehead atoms. The summed E-state index contributed by atoms with van der Waals surface area (Å²) in [4.78, 5) is 11.6. The monoisotopic (exact) mass is 527 g/mol. The smallest absolute Gasteiger partial charge is 0.302 e. The van der Waals surface area contributed by atoms with Crippen molar-refractivity contribution in [2.45, 2.75) is 32.9 Å². The minimum absolute atomic E-state index is 0.242. The van der Waals surface area contributed by atoms with Gasteiger partial charge in [-0.2, -0.15) is 10.5 Å². The van der Waals surface area contributed by atoms with E-state index in [1.807, 2.05) is 6.92 Å². The number of ether oxygens (including phenoxy) is 1. The van der Waals surface area contributed by atoms with Crippen molar-refractivity contribution in [1.82, 2.24) is 10.2 Å². The average molecular weight is 527 g/mol. The Kier molecular flexibility index (Phi) is 6.88. The van der Waals surface area contributed by atoms with E-state index in [4.69, 9.17) is 14.4 Å². The summed E-state index contributed by atoms with van der Waals surface area (Å²) in [5.74, 6) is 0.0941. The van der Waals surface area contributed by atoms with E-state index >= 15 is 0 Å². The number of carbonyl (C=O) groups excluding carboxylic acids is 1. The summed E-state index contributed by atoms with van der Waals surface area (Å²) < 4.78 is 12.1. The number of nitrogens with one attached hydrogen (secondary N) is 1. The van der Waals surface area contributed by atoms with Gasteiger partial charge in [-0.05, 0) is 78.4 Å². The van der Waals surface area contributed by atoms with Gasteiger partial charge in [0.2, 0.25) is 11.8 Å². The minimum Gasteiger partial charge on any atom is -0.460 e. The Labute approximate surface area is 193 Å². The van der Waals surface area contributed by atoms with Gasteiger partial charge in [-0.1, -0.05) is 0 Å². The van der Waals surface area contributed by atoms with E-state index < -0.39 is 18.1 Å². The normalized spacial score (nSPS) is 12.3. The fraction of sp³-hybridized carbons (Fsp3) is 0.227. The van der Waals surface area contributed by atoms with Gasteiger partial charge in [0.05, 0.1) is 17.2 Å². The number of rotatable bonds is 6. The topological polar surface area (TPSA) is 125 Å². The highest BCUT2D eigenvalue weighted by Crippen LogP contribution is 2.31.